The summed E-state index contributed by atoms with van der Waals surface area (Å²) >= 11 is 0. The molecule has 6 nitrogen and oxygen atoms in total. The molecule has 1 aliphatic rings. The number of carbonyl (C=O) groups is 1. The summed E-state index contributed by atoms with van der Waals surface area (Å²) in [7, 11) is 1.47. The Morgan fingerprint density at radius 1 is 1.58 bits per heavy atom. The van der Waals surface area contributed by atoms with E-state index in [9.17, 15) is 13.6 Å². The van der Waals surface area contributed by atoms with E-state index in [-0.39, 0.29) is 24.9 Å². The first-order chi connectivity index (χ1) is 9.04. The molecule has 0 saturated carbocycles. The van der Waals surface area contributed by atoms with Crippen molar-refractivity contribution in [1.29, 1.82) is 0 Å². The van der Waals surface area contributed by atoms with Gasteiger partial charge in [0.1, 0.15) is 6.04 Å². The summed E-state index contributed by atoms with van der Waals surface area (Å²) in [5, 5.41) is 2.46. The van der Waals surface area contributed by atoms with Gasteiger partial charge in [0.2, 0.25) is 5.91 Å². The zero-order valence-corrected chi connectivity index (χ0v) is 10.3. The van der Waals surface area contributed by atoms with Gasteiger partial charge in [-0.05, 0) is 0 Å². The van der Waals surface area contributed by atoms with Crippen molar-refractivity contribution in [2.75, 3.05) is 37.4 Å². The molecule has 1 aromatic rings. The van der Waals surface area contributed by atoms with Crippen LogP contribution in [0.1, 0.15) is 0 Å². The predicted octanol–water partition coefficient (Wildman–Crippen LogP) is -0.107. The van der Waals surface area contributed by atoms with Gasteiger partial charge >= 0.3 is 0 Å². The van der Waals surface area contributed by atoms with Crippen molar-refractivity contribution >= 4 is 17.5 Å². The number of halogens is 2. The van der Waals surface area contributed by atoms with E-state index in [0.29, 0.717) is 12.7 Å². The van der Waals surface area contributed by atoms with Gasteiger partial charge < -0.3 is 20.7 Å². The lowest BCUT2D eigenvalue weighted by Crippen LogP contribution is -2.54. The first-order valence-electron chi connectivity index (χ1n) is 5.72. The van der Waals surface area contributed by atoms with E-state index in [1.54, 1.807) is 0 Å². The smallest absolute Gasteiger partial charge is 0.244 e. The summed E-state index contributed by atoms with van der Waals surface area (Å²) in [5.74, 6) is -2.66. The minimum absolute atomic E-state index is 0.109. The molecule has 19 heavy (non-hydrogen) atoms. The molecule has 1 aromatic heterocycles. The summed E-state index contributed by atoms with van der Waals surface area (Å²) in [6, 6.07) is -0.0563. The number of aromatic nitrogens is 1. The SMILES string of the molecule is CNC(=O)C1COCCN1c1nc(N)c(F)cc1F. The summed E-state index contributed by atoms with van der Waals surface area (Å²) in [6.45, 7) is 0.705. The predicted molar refractivity (Wildman–Crippen MR) is 64.6 cm³/mol. The Labute approximate surface area is 108 Å². The monoisotopic (exact) mass is 272 g/mol. The number of likely N-dealkylation sites (N-methyl/N-ethyl adjacent to an activating group) is 1. The van der Waals surface area contributed by atoms with Crippen molar-refractivity contribution in [1.82, 2.24) is 10.3 Å². The van der Waals surface area contributed by atoms with Gasteiger partial charge in [-0.15, -0.1) is 0 Å². The van der Waals surface area contributed by atoms with Gasteiger partial charge in [0, 0.05) is 19.7 Å². The number of carbonyl (C=O) groups excluding carboxylic acids is 1. The van der Waals surface area contributed by atoms with Crippen molar-refractivity contribution in [3.8, 4) is 0 Å². The summed E-state index contributed by atoms with van der Waals surface area (Å²) in [4.78, 5) is 16.8. The van der Waals surface area contributed by atoms with Crippen LogP contribution in [0.25, 0.3) is 0 Å². The van der Waals surface area contributed by atoms with Gasteiger partial charge in [-0.1, -0.05) is 0 Å². The topological polar surface area (TPSA) is 80.5 Å². The number of pyridine rings is 1. The van der Waals surface area contributed by atoms with E-state index in [0.717, 1.165) is 0 Å². The van der Waals surface area contributed by atoms with Crippen molar-refractivity contribution in [2.45, 2.75) is 6.04 Å². The molecule has 1 aliphatic heterocycles. The van der Waals surface area contributed by atoms with Crippen LogP contribution in [-0.2, 0) is 9.53 Å². The van der Waals surface area contributed by atoms with Gasteiger partial charge in [-0.25, -0.2) is 13.8 Å². The molecule has 0 aliphatic carbocycles. The molecule has 0 radical (unpaired) electrons. The number of nitrogen functional groups attached to an aromatic ring is 1. The van der Waals surface area contributed by atoms with E-state index >= 15 is 0 Å². The molecule has 1 amide bonds. The number of rotatable bonds is 2. The molecule has 0 bridgehead atoms. The Hall–Kier alpha value is -1.96. The van der Waals surface area contributed by atoms with E-state index in [4.69, 9.17) is 10.5 Å². The Kier molecular flexibility index (Phi) is 3.79. The summed E-state index contributed by atoms with van der Waals surface area (Å²) in [5.41, 5.74) is 5.34. The lowest BCUT2D eigenvalue weighted by molar-refractivity contribution is -0.124. The Balaban J connectivity index is 2.37. The van der Waals surface area contributed by atoms with Crippen LogP contribution in [0.5, 0.6) is 0 Å². The third-order valence-electron chi connectivity index (χ3n) is 2.89. The van der Waals surface area contributed by atoms with Gasteiger partial charge in [-0.3, -0.25) is 4.79 Å². The second-order valence-electron chi connectivity index (χ2n) is 4.06. The Morgan fingerprint density at radius 3 is 3.00 bits per heavy atom. The molecule has 3 N–H and O–H groups in total. The summed E-state index contributed by atoms with van der Waals surface area (Å²) in [6.07, 6.45) is 0. The number of ether oxygens (including phenoxy) is 1. The molecule has 8 heteroatoms. The van der Waals surface area contributed by atoms with Crippen LogP contribution in [0.4, 0.5) is 20.4 Å². The molecule has 1 fully saturated rings. The normalized spacial score (nSPS) is 19.3. The fourth-order valence-corrected chi connectivity index (χ4v) is 1.91. The highest BCUT2D eigenvalue weighted by molar-refractivity contribution is 5.85. The minimum atomic E-state index is -0.925. The summed E-state index contributed by atoms with van der Waals surface area (Å²) < 4.78 is 32.1. The van der Waals surface area contributed by atoms with Gasteiger partial charge in [0.05, 0.1) is 13.2 Å². The lowest BCUT2D eigenvalue weighted by Gasteiger charge is -2.35. The maximum Gasteiger partial charge on any atom is 0.244 e. The maximum atomic E-state index is 13.8. The fraction of sp³-hybridized carbons (Fsp3) is 0.455. The number of morpholine rings is 1. The lowest BCUT2D eigenvalue weighted by atomic mass is 10.2. The number of hydrogen-bond acceptors (Lipinski definition) is 5. The third-order valence-corrected chi connectivity index (χ3v) is 2.89. The quantitative estimate of drug-likeness (QED) is 0.785. The molecule has 104 valence electrons. The number of nitrogens with zero attached hydrogens (tertiary/aromatic N) is 2. The van der Waals surface area contributed by atoms with Crippen molar-refractivity contribution in [3.63, 3.8) is 0 Å². The highest BCUT2D eigenvalue weighted by atomic mass is 19.1. The fourth-order valence-electron chi connectivity index (χ4n) is 1.91. The van der Waals surface area contributed by atoms with E-state index in [1.165, 1.54) is 11.9 Å². The van der Waals surface area contributed by atoms with Crippen LogP contribution in [0.15, 0.2) is 6.07 Å². The molecule has 0 aromatic carbocycles. The highest BCUT2D eigenvalue weighted by Crippen LogP contribution is 2.24. The molecule has 1 saturated heterocycles. The number of nitrogens with one attached hydrogen (secondary N) is 1. The van der Waals surface area contributed by atoms with Gasteiger partial charge in [-0.2, -0.15) is 0 Å². The average molecular weight is 272 g/mol. The number of anilines is 2. The second kappa shape index (κ2) is 5.35. The highest BCUT2D eigenvalue weighted by Gasteiger charge is 2.32. The van der Waals surface area contributed by atoms with Crippen LogP contribution >= 0.6 is 0 Å². The second-order valence-corrected chi connectivity index (χ2v) is 4.06. The zero-order valence-electron chi connectivity index (χ0n) is 10.3. The van der Waals surface area contributed by atoms with E-state index in [1.807, 2.05) is 0 Å². The number of amides is 1. The molecule has 1 unspecified atom stereocenters. The standard InChI is InChI=1S/C11H14F2N4O2/c1-15-11(18)8-5-19-3-2-17(8)10-7(13)4-6(12)9(14)16-10/h4,8H,2-3,5H2,1H3,(H2,14,16)(H,15,18). The van der Waals surface area contributed by atoms with Crippen LogP contribution in [0.2, 0.25) is 0 Å². The number of nitrogens with two attached hydrogens (primary N) is 1. The molecule has 0 spiro atoms. The van der Waals surface area contributed by atoms with Gasteiger partial charge in [0.25, 0.3) is 0 Å². The average Bonchev–Trinajstić information content (AvgIpc) is 2.42. The molecular weight excluding hydrogens is 258 g/mol. The minimum Gasteiger partial charge on any atom is -0.381 e. The van der Waals surface area contributed by atoms with Crippen molar-refractivity contribution < 1.29 is 18.3 Å². The Bertz CT molecular complexity index is 498. The number of hydrogen-bond donors (Lipinski definition) is 2. The first-order valence-corrected chi connectivity index (χ1v) is 5.72. The zero-order chi connectivity index (χ0) is 14.0. The van der Waals surface area contributed by atoms with Crippen molar-refractivity contribution in [2.24, 2.45) is 0 Å². The molecule has 2 rings (SSSR count). The largest absolute Gasteiger partial charge is 0.381 e. The van der Waals surface area contributed by atoms with Crippen LogP contribution in [0.3, 0.4) is 0 Å². The third kappa shape index (κ3) is 2.58. The molecular formula is C11H14F2N4O2. The van der Waals surface area contributed by atoms with E-state index in [2.05, 4.69) is 10.3 Å². The Morgan fingerprint density at radius 2 is 2.32 bits per heavy atom. The van der Waals surface area contributed by atoms with Crippen LogP contribution in [0, 0.1) is 11.6 Å². The van der Waals surface area contributed by atoms with Crippen LogP contribution in [-0.4, -0.2) is 43.7 Å². The van der Waals surface area contributed by atoms with Crippen LogP contribution < -0.4 is 16.0 Å². The van der Waals surface area contributed by atoms with Crippen molar-refractivity contribution in [3.05, 3.63) is 17.7 Å². The maximum absolute atomic E-state index is 13.8. The van der Waals surface area contributed by atoms with E-state index < -0.39 is 23.5 Å². The molecule has 2 heterocycles. The van der Waals surface area contributed by atoms with Gasteiger partial charge in [0.15, 0.2) is 23.3 Å². The molecule has 1 atom stereocenters. The first kappa shape index (κ1) is 13.5.